The average Bonchev–Trinajstić information content (AvgIpc) is 2.76. The normalized spacial score (nSPS) is 14.3. The van der Waals surface area contributed by atoms with Crippen LogP contribution in [0.3, 0.4) is 0 Å². The van der Waals surface area contributed by atoms with E-state index >= 15 is 0 Å². The molecule has 0 spiro atoms. The van der Waals surface area contributed by atoms with Gasteiger partial charge in [-0.3, -0.25) is 9.59 Å². The van der Waals surface area contributed by atoms with Crippen molar-refractivity contribution in [2.75, 3.05) is 25.1 Å². The molecule has 35 heavy (non-hydrogen) atoms. The number of allylic oxidation sites excluding steroid dienone is 2. The smallest absolute Gasteiger partial charge is 0.416 e. The van der Waals surface area contributed by atoms with Gasteiger partial charge in [-0.15, -0.1) is 0 Å². The van der Waals surface area contributed by atoms with Crippen molar-refractivity contribution in [3.63, 3.8) is 0 Å². The van der Waals surface area contributed by atoms with Crippen LogP contribution in [0.5, 0.6) is 0 Å². The van der Waals surface area contributed by atoms with Gasteiger partial charge in [-0.2, -0.15) is 13.2 Å². The number of benzene rings is 1. The van der Waals surface area contributed by atoms with Crippen molar-refractivity contribution < 1.29 is 46.6 Å². The van der Waals surface area contributed by atoms with E-state index in [-0.39, 0.29) is 41.4 Å². The number of rotatable bonds is 8. The Balaban J connectivity index is 2.25. The van der Waals surface area contributed by atoms with Crippen LogP contribution in [-0.4, -0.2) is 43.6 Å². The number of esters is 3. The van der Waals surface area contributed by atoms with Crippen molar-refractivity contribution in [3.8, 4) is 0 Å². The zero-order valence-corrected chi connectivity index (χ0v) is 19.5. The van der Waals surface area contributed by atoms with Gasteiger partial charge >= 0.3 is 24.1 Å². The Labute approximate surface area is 199 Å². The van der Waals surface area contributed by atoms with Crippen molar-refractivity contribution in [1.29, 1.82) is 0 Å². The molecule has 1 aromatic carbocycles. The molecule has 2 rings (SSSR count). The minimum Gasteiger partial charge on any atom is -0.463 e. The van der Waals surface area contributed by atoms with E-state index in [1.165, 1.54) is 19.9 Å². The first-order chi connectivity index (χ1) is 16.4. The number of nitrogens with one attached hydrogen (secondary N) is 2. The third-order valence-corrected chi connectivity index (χ3v) is 4.81. The zero-order chi connectivity index (χ0) is 26.3. The number of amides is 1. The number of halogens is 3. The van der Waals surface area contributed by atoms with Gasteiger partial charge in [0.1, 0.15) is 5.92 Å². The molecule has 0 aliphatic carbocycles. The van der Waals surface area contributed by atoms with Gasteiger partial charge in [-0.1, -0.05) is 6.07 Å². The van der Waals surface area contributed by atoms with Crippen molar-refractivity contribution in [2.45, 2.75) is 33.9 Å². The quantitative estimate of drug-likeness (QED) is 0.415. The summed E-state index contributed by atoms with van der Waals surface area (Å²) in [5, 5.41) is 5.04. The van der Waals surface area contributed by atoms with E-state index in [0.29, 0.717) is 0 Å². The molecule has 1 amide bonds. The van der Waals surface area contributed by atoms with Crippen LogP contribution in [0.25, 0.3) is 0 Å². The summed E-state index contributed by atoms with van der Waals surface area (Å²) in [6.07, 6.45) is -4.61. The Kier molecular flexibility index (Phi) is 9.04. The number of ether oxygens (including phenoxy) is 3. The Morgan fingerprint density at radius 3 is 1.97 bits per heavy atom. The van der Waals surface area contributed by atoms with Gasteiger partial charge in [0.2, 0.25) is 0 Å². The van der Waals surface area contributed by atoms with Gasteiger partial charge in [0, 0.05) is 17.1 Å². The molecule has 9 nitrogen and oxygen atoms in total. The van der Waals surface area contributed by atoms with E-state index in [2.05, 4.69) is 10.6 Å². The Morgan fingerprint density at radius 1 is 0.943 bits per heavy atom. The predicted octanol–water partition coefficient (Wildman–Crippen LogP) is 3.08. The van der Waals surface area contributed by atoms with Crippen molar-refractivity contribution >= 4 is 29.5 Å². The summed E-state index contributed by atoms with van der Waals surface area (Å²) in [4.78, 5) is 50.4. The van der Waals surface area contributed by atoms with Crippen molar-refractivity contribution in [1.82, 2.24) is 5.32 Å². The summed E-state index contributed by atoms with van der Waals surface area (Å²) in [5.41, 5.74) is -1.03. The fourth-order valence-corrected chi connectivity index (χ4v) is 3.38. The zero-order valence-electron chi connectivity index (χ0n) is 19.5. The highest BCUT2D eigenvalue weighted by atomic mass is 19.4. The van der Waals surface area contributed by atoms with Crippen LogP contribution in [0.2, 0.25) is 0 Å². The molecule has 190 valence electrons. The highest BCUT2D eigenvalue weighted by molar-refractivity contribution is 6.06. The molecular formula is C23H25F3N2O7. The standard InChI is InChI=1S/C23H25F3N2O7/c1-5-33-20(30)17-12(3)27-13(4)18(21(31)34-6-2)19(17)22(32)35-11-16(29)28-15-9-7-8-14(10-15)23(24,25)26/h7-10,19,27H,5-6,11H2,1-4H3,(H,28,29). The second-order valence-corrected chi connectivity index (χ2v) is 7.31. The number of dihydropyridines is 1. The second-order valence-electron chi connectivity index (χ2n) is 7.31. The van der Waals surface area contributed by atoms with Crippen LogP contribution in [0.1, 0.15) is 33.3 Å². The van der Waals surface area contributed by atoms with Gasteiger partial charge < -0.3 is 24.8 Å². The largest absolute Gasteiger partial charge is 0.463 e. The maximum Gasteiger partial charge on any atom is 0.416 e. The van der Waals surface area contributed by atoms with Gasteiger partial charge in [0.05, 0.1) is 29.9 Å². The lowest BCUT2D eigenvalue weighted by atomic mass is 9.85. The molecule has 0 fully saturated rings. The third-order valence-electron chi connectivity index (χ3n) is 4.81. The Hall–Kier alpha value is -3.83. The highest BCUT2D eigenvalue weighted by Crippen LogP contribution is 2.33. The summed E-state index contributed by atoms with van der Waals surface area (Å²) in [7, 11) is 0. The highest BCUT2D eigenvalue weighted by Gasteiger charge is 2.42. The Morgan fingerprint density at radius 2 is 1.49 bits per heavy atom. The van der Waals surface area contributed by atoms with E-state index in [9.17, 15) is 32.3 Å². The lowest BCUT2D eigenvalue weighted by Crippen LogP contribution is -2.39. The minimum absolute atomic E-state index is 0.00574. The molecule has 0 unspecified atom stereocenters. The molecule has 0 radical (unpaired) electrons. The fourth-order valence-electron chi connectivity index (χ4n) is 3.38. The van der Waals surface area contributed by atoms with Gasteiger partial charge in [-0.25, -0.2) is 9.59 Å². The van der Waals surface area contributed by atoms with Gasteiger partial charge in [0.25, 0.3) is 5.91 Å². The molecule has 0 saturated heterocycles. The summed E-state index contributed by atoms with van der Waals surface area (Å²) in [6, 6.07) is 3.90. The number of carbonyl (C=O) groups excluding carboxylic acids is 4. The van der Waals surface area contributed by atoms with E-state index in [4.69, 9.17) is 14.2 Å². The maximum absolute atomic E-state index is 13.0. The van der Waals surface area contributed by atoms with Crippen LogP contribution >= 0.6 is 0 Å². The maximum atomic E-state index is 13.0. The van der Waals surface area contributed by atoms with E-state index < -0.39 is 48.1 Å². The number of hydrogen-bond donors (Lipinski definition) is 2. The predicted molar refractivity (Wildman–Crippen MR) is 116 cm³/mol. The first-order valence-electron chi connectivity index (χ1n) is 10.6. The van der Waals surface area contributed by atoms with Crippen molar-refractivity contribution in [3.05, 3.63) is 52.4 Å². The first-order valence-corrected chi connectivity index (χ1v) is 10.6. The monoisotopic (exact) mass is 498 g/mol. The SMILES string of the molecule is CCOC(=O)C1=C(C)NC(C)=C(C(=O)OCC)C1C(=O)OCC(=O)Nc1cccc(C(F)(F)F)c1. The van der Waals surface area contributed by atoms with Crippen molar-refractivity contribution in [2.24, 2.45) is 5.92 Å². The van der Waals surface area contributed by atoms with E-state index in [0.717, 1.165) is 18.2 Å². The fraction of sp³-hybridized carbons (Fsp3) is 0.391. The first kappa shape index (κ1) is 27.4. The molecule has 12 heteroatoms. The lowest BCUT2D eigenvalue weighted by molar-refractivity contribution is -0.153. The second kappa shape index (κ2) is 11.5. The molecule has 0 saturated carbocycles. The molecule has 1 heterocycles. The molecule has 1 aliphatic rings. The lowest BCUT2D eigenvalue weighted by Gasteiger charge is -2.28. The molecule has 1 aromatic rings. The van der Waals surface area contributed by atoms with Gasteiger partial charge in [-0.05, 0) is 45.9 Å². The molecule has 0 bridgehead atoms. The average molecular weight is 498 g/mol. The molecule has 1 aliphatic heterocycles. The summed E-state index contributed by atoms with van der Waals surface area (Å²) >= 11 is 0. The van der Waals surface area contributed by atoms with Crippen LogP contribution in [-0.2, 0) is 39.6 Å². The molecular weight excluding hydrogens is 473 g/mol. The molecule has 0 atom stereocenters. The summed E-state index contributed by atoms with van der Waals surface area (Å²) in [5.74, 6) is -5.33. The van der Waals surface area contributed by atoms with E-state index in [1.807, 2.05) is 0 Å². The minimum atomic E-state index is -4.61. The van der Waals surface area contributed by atoms with Crippen LogP contribution in [0, 0.1) is 5.92 Å². The Bertz CT molecular complexity index is 1040. The molecule has 2 N–H and O–H groups in total. The van der Waals surface area contributed by atoms with E-state index in [1.54, 1.807) is 13.8 Å². The summed E-state index contributed by atoms with van der Waals surface area (Å²) in [6.45, 7) is 5.22. The summed E-state index contributed by atoms with van der Waals surface area (Å²) < 4.78 is 53.7. The van der Waals surface area contributed by atoms with Crippen LogP contribution in [0.15, 0.2) is 46.8 Å². The number of alkyl halides is 3. The third kappa shape index (κ3) is 6.84. The van der Waals surface area contributed by atoms with Crippen LogP contribution < -0.4 is 10.6 Å². The molecule has 0 aromatic heterocycles. The number of hydrogen-bond acceptors (Lipinski definition) is 8. The van der Waals surface area contributed by atoms with Crippen LogP contribution in [0.4, 0.5) is 18.9 Å². The number of carbonyl (C=O) groups is 4. The topological polar surface area (TPSA) is 120 Å². The number of anilines is 1. The van der Waals surface area contributed by atoms with Gasteiger partial charge in [0.15, 0.2) is 6.61 Å².